The maximum atomic E-state index is 12.0. The first-order valence-electron chi connectivity index (χ1n) is 6.55. The summed E-state index contributed by atoms with van der Waals surface area (Å²) < 4.78 is 0. The molecule has 19 heavy (non-hydrogen) atoms. The van der Waals surface area contributed by atoms with E-state index >= 15 is 0 Å². The Morgan fingerprint density at radius 3 is 2.68 bits per heavy atom. The first kappa shape index (κ1) is 14.2. The molecule has 0 radical (unpaired) electrons. The second-order valence-corrected chi connectivity index (χ2v) is 5.39. The van der Waals surface area contributed by atoms with Crippen LogP contribution >= 0.6 is 11.6 Å². The van der Waals surface area contributed by atoms with Gasteiger partial charge < -0.3 is 15.5 Å². The maximum Gasteiger partial charge on any atom is 0.254 e. The van der Waals surface area contributed by atoms with Crippen LogP contribution in [0.3, 0.4) is 0 Å². The molecule has 1 saturated carbocycles. The van der Waals surface area contributed by atoms with E-state index in [0.717, 1.165) is 25.7 Å². The highest BCUT2D eigenvalue weighted by Crippen LogP contribution is 2.26. The first-order chi connectivity index (χ1) is 9.08. The number of aliphatic hydroxyl groups excluding tert-OH is 1. The number of halogens is 1. The van der Waals surface area contributed by atoms with Crippen LogP contribution in [-0.4, -0.2) is 22.3 Å². The van der Waals surface area contributed by atoms with Gasteiger partial charge in [-0.3, -0.25) is 4.79 Å². The maximum absolute atomic E-state index is 12.0. The van der Waals surface area contributed by atoms with E-state index in [1.54, 1.807) is 0 Å². The van der Waals surface area contributed by atoms with Crippen molar-refractivity contribution in [3.05, 3.63) is 28.8 Å². The van der Waals surface area contributed by atoms with E-state index in [1.807, 2.05) is 0 Å². The fourth-order valence-electron chi connectivity index (χ4n) is 2.47. The molecule has 4 nitrogen and oxygen atoms in total. The highest BCUT2D eigenvalue weighted by atomic mass is 35.5. The van der Waals surface area contributed by atoms with E-state index in [-0.39, 0.29) is 22.3 Å². The monoisotopic (exact) mass is 283 g/mol. The molecule has 3 N–H and O–H groups in total. The summed E-state index contributed by atoms with van der Waals surface area (Å²) in [5.41, 5.74) is 0.177. The Hall–Kier alpha value is -1.26. The van der Waals surface area contributed by atoms with Gasteiger partial charge in [0.05, 0.1) is 10.6 Å². The lowest BCUT2D eigenvalue weighted by atomic mass is 9.88. The Bertz CT molecular complexity index is 458. The summed E-state index contributed by atoms with van der Waals surface area (Å²) in [5.74, 6) is -0.380. The predicted molar refractivity (Wildman–Crippen MR) is 73.2 cm³/mol. The summed E-state index contributed by atoms with van der Waals surface area (Å²) in [6, 6.07) is 4.17. The molecule has 5 heteroatoms. The lowest BCUT2D eigenvalue weighted by Crippen LogP contribution is -2.41. The van der Waals surface area contributed by atoms with Crippen LogP contribution < -0.4 is 5.32 Å². The fourth-order valence-corrected chi connectivity index (χ4v) is 2.67. The largest absolute Gasteiger partial charge is 0.508 e. The van der Waals surface area contributed by atoms with Crippen molar-refractivity contribution in [3.8, 4) is 5.75 Å². The number of hydrogen-bond acceptors (Lipinski definition) is 3. The molecule has 2 rings (SSSR count). The molecule has 1 amide bonds. The zero-order valence-electron chi connectivity index (χ0n) is 10.6. The smallest absolute Gasteiger partial charge is 0.254 e. The van der Waals surface area contributed by atoms with E-state index < -0.39 is 12.1 Å². The van der Waals surface area contributed by atoms with Gasteiger partial charge in [0.25, 0.3) is 5.91 Å². The van der Waals surface area contributed by atoms with Crippen LogP contribution in [0.2, 0.25) is 5.02 Å². The Labute approximate surface area is 117 Å². The van der Waals surface area contributed by atoms with Crippen molar-refractivity contribution >= 4 is 17.5 Å². The zero-order valence-corrected chi connectivity index (χ0v) is 11.4. The minimum absolute atomic E-state index is 0.0262. The molecule has 1 aromatic rings. The van der Waals surface area contributed by atoms with Crippen molar-refractivity contribution in [2.24, 2.45) is 5.92 Å². The Morgan fingerprint density at radius 1 is 1.32 bits per heavy atom. The third-order valence-electron chi connectivity index (χ3n) is 3.57. The van der Waals surface area contributed by atoms with Crippen molar-refractivity contribution in [1.29, 1.82) is 0 Å². The number of aliphatic hydroxyl groups is 1. The molecular weight excluding hydrogens is 266 g/mol. The number of rotatable bonds is 3. The number of phenols is 1. The van der Waals surface area contributed by atoms with Gasteiger partial charge in [-0.25, -0.2) is 0 Å². The second-order valence-electron chi connectivity index (χ2n) is 4.98. The number of phenolic OH excluding ortho intramolecular Hbond substituents is 1. The normalized spacial score (nSPS) is 18.0. The van der Waals surface area contributed by atoms with Crippen molar-refractivity contribution in [1.82, 2.24) is 5.32 Å². The minimum Gasteiger partial charge on any atom is -0.508 e. The molecule has 104 valence electrons. The van der Waals surface area contributed by atoms with Crippen molar-refractivity contribution < 1.29 is 15.0 Å². The molecule has 1 unspecified atom stereocenters. The predicted octanol–water partition coefficient (Wildman–Crippen LogP) is 2.67. The number of nitrogens with one attached hydrogen (secondary N) is 1. The zero-order chi connectivity index (χ0) is 13.8. The topological polar surface area (TPSA) is 69.6 Å². The number of carbonyl (C=O) groups excluding carboxylic acids is 1. The van der Waals surface area contributed by atoms with Gasteiger partial charge in [0, 0.05) is 5.92 Å². The molecule has 1 aliphatic rings. The van der Waals surface area contributed by atoms with Gasteiger partial charge in [0.15, 0.2) is 0 Å². The summed E-state index contributed by atoms with van der Waals surface area (Å²) in [7, 11) is 0. The van der Waals surface area contributed by atoms with Crippen LogP contribution in [0, 0.1) is 5.92 Å². The summed E-state index contributed by atoms with van der Waals surface area (Å²) in [6.45, 7) is 0. The molecule has 1 fully saturated rings. The number of carbonyl (C=O) groups is 1. The average Bonchev–Trinajstić information content (AvgIpc) is 2.42. The van der Waals surface area contributed by atoms with Crippen molar-refractivity contribution in [2.75, 3.05) is 0 Å². The third-order valence-corrected chi connectivity index (χ3v) is 3.90. The van der Waals surface area contributed by atoms with E-state index in [1.165, 1.54) is 24.6 Å². The molecule has 0 saturated heterocycles. The van der Waals surface area contributed by atoms with E-state index in [2.05, 4.69) is 5.32 Å². The van der Waals surface area contributed by atoms with E-state index in [4.69, 9.17) is 11.6 Å². The Balaban J connectivity index is 2.01. The van der Waals surface area contributed by atoms with E-state index in [0.29, 0.717) is 0 Å². The highest BCUT2D eigenvalue weighted by Gasteiger charge is 2.24. The van der Waals surface area contributed by atoms with Gasteiger partial charge in [-0.15, -0.1) is 0 Å². The van der Waals surface area contributed by atoms with Crippen molar-refractivity contribution in [3.63, 3.8) is 0 Å². The van der Waals surface area contributed by atoms with Gasteiger partial charge in [0.1, 0.15) is 12.0 Å². The van der Waals surface area contributed by atoms with Crippen LogP contribution in [-0.2, 0) is 0 Å². The van der Waals surface area contributed by atoms with Gasteiger partial charge in [-0.1, -0.05) is 30.9 Å². The number of benzene rings is 1. The number of amides is 1. The molecule has 1 aromatic carbocycles. The van der Waals surface area contributed by atoms with Crippen LogP contribution in [0.1, 0.15) is 42.5 Å². The highest BCUT2D eigenvalue weighted by molar-refractivity contribution is 6.33. The summed E-state index contributed by atoms with van der Waals surface area (Å²) in [6.07, 6.45) is 4.36. The molecule has 0 spiro atoms. The third kappa shape index (κ3) is 3.61. The molecule has 0 aromatic heterocycles. The summed E-state index contributed by atoms with van der Waals surface area (Å²) >= 11 is 5.91. The average molecular weight is 284 g/mol. The van der Waals surface area contributed by atoms with Gasteiger partial charge >= 0.3 is 0 Å². The SMILES string of the molecule is O=C(NC(O)C1CCCCC1)c1cc(O)ccc1Cl. The molecule has 0 heterocycles. The van der Waals surface area contributed by atoms with Crippen molar-refractivity contribution in [2.45, 2.75) is 38.3 Å². The summed E-state index contributed by atoms with van der Waals surface area (Å²) in [5, 5.41) is 22.2. The lowest BCUT2D eigenvalue weighted by molar-refractivity contribution is 0.0463. The Kier molecular flexibility index (Phi) is 4.66. The van der Waals surface area contributed by atoms with Gasteiger partial charge in [-0.2, -0.15) is 0 Å². The van der Waals surface area contributed by atoms with Crippen LogP contribution in [0.5, 0.6) is 5.75 Å². The number of aromatic hydroxyl groups is 1. The van der Waals surface area contributed by atoms with E-state index in [9.17, 15) is 15.0 Å². The fraction of sp³-hybridized carbons (Fsp3) is 0.500. The van der Waals surface area contributed by atoms with Crippen LogP contribution in [0.4, 0.5) is 0 Å². The van der Waals surface area contributed by atoms with Crippen LogP contribution in [0.25, 0.3) is 0 Å². The molecule has 0 bridgehead atoms. The second kappa shape index (κ2) is 6.26. The van der Waals surface area contributed by atoms with Gasteiger partial charge in [-0.05, 0) is 31.0 Å². The standard InChI is InChI=1S/C14H18ClNO3/c15-12-7-6-10(17)8-11(12)14(19)16-13(18)9-4-2-1-3-5-9/h6-9,13,17-18H,1-5H2,(H,16,19). The number of hydrogen-bond donors (Lipinski definition) is 3. The minimum atomic E-state index is -0.855. The van der Waals surface area contributed by atoms with Crippen LogP contribution in [0.15, 0.2) is 18.2 Å². The first-order valence-corrected chi connectivity index (χ1v) is 6.93. The Morgan fingerprint density at radius 2 is 2.00 bits per heavy atom. The lowest BCUT2D eigenvalue weighted by Gasteiger charge is -2.27. The molecule has 1 atom stereocenters. The summed E-state index contributed by atoms with van der Waals surface area (Å²) in [4.78, 5) is 12.0. The molecule has 0 aliphatic heterocycles. The quantitative estimate of drug-likeness (QED) is 0.747. The molecular formula is C14H18ClNO3. The molecule has 1 aliphatic carbocycles. The van der Waals surface area contributed by atoms with Gasteiger partial charge in [0.2, 0.25) is 0 Å².